The number of carbonyl (C=O) groups is 1. The molecule has 0 spiro atoms. The number of methoxy groups -OCH3 is 1. The standard InChI is InChI=1S/C27H27N3O3S2/c1-16-5-4-6-18(13-16)28-23(31)15-34-27-29-25-24(21-12-7-17(2)14-22(21)35-25)26(32)30(27)19-8-10-20(33-3)11-9-19/h4-6,8-11,13,17H,7,12,14-15H2,1-3H3,(H,28,31). The second-order valence-corrected chi connectivity index (χ2v) is 11.0. The highest BCUT2D eigenvalue weighted by molar-refractivity contribution is 7.99. The summed E-state index contributed by atoms with van der Waals surface area (Å²) in [6.45, 7) is 4.24. The minimum absolute atomic E-state index is 0.0752. The van der Waals surface area contributed by atoms with Gasteiger partial charge in [0.15, 0.2) is 5.16 Å². The monoisotopic (exact) mass is 505 g/mol. The molecule has 1 unspecified atom stereocenters. The molecule has 0 fully saturated rings. The van der Waals surface area contributed by atoms with Gasteiger partial charge < -0.3 is 10.1 Å². The summed E-state index contributed by atoms with van der Waals surface area (Å²) in [6, 6.07) is 15.1. The molecule has 6 nitrogen and oxygen atoms in total. The van der Waals surface area contributed by atoms with Crippen LogP contribution in [-0.4, -0.2) is 28.3 Å². The Morgan fingerprint density at radius 2 is 2.06 bits per heavy atom. The maximum Gasteiger partial charge on any atom is 0.267 e. The Morgan fingerprint density at radius 3 is 2.80 bits per heavy atom. The number of hydrogen-bond donors (Lipinski definition) is 1. The number of thiophene rings is 1. The van der Waals surface area contributed by atoms with Crippen LogP contribution in [0, 0.1) is 12.8 Å². The smallest absolute Gasteiger partial charge is 0.267 e. The van der Waals surface area contributed by atoms with Crippen LogP contribution in [0.2, 0.25) is 0 Å². The predicted molar refractivity (Wildman–Crippen MR) is 143 cm³/mol. The number of carbonyl (C=O) groups excluding carboxylic acids is 1. The lowest BCUT2D eigenvalue weighted by molar-refractivity contribution is -0.113. The van der Waals surface area contributed by atoms with Crippen molar-refractivity contribution in [3.63, 3.8) is 0 Å². The van der Waals surface area contributed by atoms with Gasteiger partial charge in [0.05, 0.1) is 23.9 Å². The van der Waals surface area contributed by atoms with Crippen LogP contribution in [0.1, 0.15) is 29.3 Å². The number of nitrogens with one attached hydrogen (secondary N) is 1. The molecule has 0 bridgehead atoms. The molecule has 1 N–H and O–H groups in total. The summed E-state index contributed by atoms with van der Waals surface area (Å²) >= 11 is 2.90. The van der Waals surface area contributed by atoms with Crippen molar-refractivity contribution in [1.29, 1.82) is 0 Å². The molecule has 4 aromatic rings. The van der Waals surface area contributed by atoms with E-state index in [2.05, 4.69) is 12.2 Å². The lowest BCUT2D eigenvalue weighted by atomic mass is 9.89. The fraction of sp³-hybridized carbons (Fsp3) is 0.296. The molecule has 1 atom stereocenters. The first-order valence-electron chi connectivity index (χ1n) is 11.6. The van der Waals surface area contributed by atoms with Crippen molar-refractivity contribution in [2.75, 3.05) is 18.2 Å². The SMILES string of the molecule is COc1ccc(-n2c(SCC(=O)Nc3cccc(C)c3)nc3sc4c(c3c2=O)CCC(C)C4)cc1. The fourth-order valence-corrected chi connectivity index (χ4v) is 6.71. The number of ether oxygens (including phenoxy) is 1. The van der Waals surface area contributed by atoms with Crippen molar-refractivity contribution in [2.45, 2.75) is 38.3 Å². The molecular formula is C27H27N3O3S2. The summed E-state index contributed by atoms with van der Waals surface area (Å²) in [5.74, 6) is 1.32. The maximum absolute atomic E-state index is 13.9. The molecule has 2 heterocycles. The number of aromatic nitrogens is 2. The Morgan fingerprint density at radius 1 is 1.26 bits per heavy atom. The van der Waals surface area contributed by atoms with Crippen LogP contribution in [0.25, 0.3) is 15.9 Å². The average Bonchev–Trinajstić information content (AvgIpc) is 3.20. The minimum atomic E-state index is -0.143. The number of nitrogens with zero attached hydrogens (tertiary/aromatic N) is 2. The number of aryl methyl sites for hydroxylation is 2. The molecule has 35 heavy (non-hydrogen) atoms. The molecule has 2 aromatic heterocycles. The lowest BCUT2D eigenvalue weighted by Crippen LogP contribution is -2.23. The van der Waals surface area contributed by atoms with Crippen LogP contribution >= 0.6 is 23.1 Å². The quantitative estimate of drug-likeness (QED) is 0.272. The van der Waals surface area contributed by atoms with Crippen molar-refractivity contribution in [3.8, 4) is 11.4 Å². The van der Waals surface area contributed by atoms with Gasteiger partial charge in [0, 0.05) is 10.6 Å². The van der Waals surface area contributed by atoms with E-state index >= 15 is 0 Å². The van der Waals surface area contributed by atoms with E-state index in [0.29, 0.717) is 22.5 Å². The highest BCUT2D eigenvalue weighted by Gasteiger charge is 2.25. The lowest BCUT2D eigenvalue weighted by Gasteiger charge is -2.18. The van der Waals surface area contributed by atoms with Crippen molar-refractivity contribution in [3.05, 3.63) is 74.9 Å². The van der Waals surface area contributed by atoms with Gasteiger partial charge in [-0.1, -0.05) is 30.8 Å². The summed E-state index contributed by atoms with van der Waals surface area (Å²) < 4.78 is 6.93. The number of fused-ring (bicyclic) bond motifs is 3. The third kappa shape index (κ3) is 4.86. The Balaban J connectivity index is 1.53. The van der Waals surface area contributed by atoms with Crippen LogP contribution in [-0.2, 0) is 17.6 Å². The van der Waals surface area contributed by atoms with E-state index in [9.17, 15) is 9.59 Å². The first kappa shape index (κ1) is 23.6. The second-order valence-electron chi connectivity index (χ2n) is 8.97. The van der Waals surface area contributed by atoms with Gasteiger partial charge in [-0.05, 0) is 79.6 Å². The van der Waals surface area contributed by atoms with Gasteiger partial charge in [-0.2, -0.15) is 0 Å². The molecular weight excluding hydrogens is 478 g/mol. The molecule has 0 aliphatic heterocycles. The molecule has 1 amide bonds. The van der Waals surface area contributed by atoms with Crippen molar-refractivity contribution < 1.29 is 9.53 Å². The summed E-state index contributed by atoms with van der Waals surface area (Å²) in [6.07, 6.45) is 2.97. The second kappa shape index (κ2) is 9.87. The first-order valence-corrected chi connectivity index (χ1v) is 13.4. The van der Waals surface area contributed by atoms with E-state index in [4.69, 9.17) is 9.72 Å². The Bertz CT molecular complexity index is 1460. The summed E-state index contributed by atoms with van der Waals surface area (Å²) in [7, 11) is 1.61. The molecule has 2 aromatic carbocycles. The molecule has 180 valence electrons. The van der Waals surface area contributed by atoms with Gasteiger partial charge in [0.25, 0.3) is 5.56 Å². The number of benzene rings is 2. The molecule has 0 radical (unpaired) electrons. The highest BCUT2D eigenvalue weighted by Crippen LogP contribution is 2.37. The number of anilines is 1. The van der Waals surface area contributed by atoms with Crippen molar-refractivity contribution in [2.24, 2.45) is 5.92 Å². The molecule has 0 saturated heterocycles. The van der Waals surface area contributed by atoms with Gasteiger partial charge in [0.1, 0.15) is 10.6 Å². The van der Waals surface area contributed by atoms with Crippen LogP contribution in [0.3, 0.4) is 0 Å². The summed E-state index contributed by atoms with van der Waals surface area (Å²) in [5, 5.41) is 4.17. The number of rotatable bonds is 6. The van der Waals surface area contributed by atoms with Crippen molar-refractivity contribution >= 4 is 44.9 Å². The normalized spacial score (nSPS) is 15.1. The van der Waals surface area contributed by atoms with Gasteiger partial charge in [-0.25, -0.2) is 4.98 Å². The van der Waals surface area contributed by atoms with Gasteiger partial charge in [0.2, 0.25) is 5.91 Å². The average molecular weight is 506 g/mol. The van der Waals surface area contributed by atoms with Crippen LogP contribution < -0.4 is 15.6 Å². The highest BCUT2D eigenvalue weighted by atomic mass is 32.2. The van der Waals surface area contributed by atoms with E-state index < -0.39 is 0 Å². The van der Waals surface area contributed by atoms with E-state index in [1.54, 1.807) is 23.0 Å². The van der Waals surface area contributed by atoms with Gasteiger partial charge >= 0.3 is 0 Å². The Labute approximate surface area is 212 Å². The third-order valence-electron chi connectivity index (χ3n) is 6.26. The van der Waals surface area contributed by atoms with E-state index in [0.717, 1.165) is 46.3 Å². The Kier molecular flexibility index (Phi) is 6.67. The molecule has 1 aliphatic carbocycles. The fourth-order valence-electron chi connectivity index (χ4n) is 4.48. The molecule has 0 saturated carbocycles. The van der Waals surface area contributed by atoms with Crippen LogP contribution in [0.5, 0.6) is 5.75 Å². The Hall–Kier alpha value is -3.10. The van der Waals surface area contributed by atoms with E-state index in [-0.39, 0.29) is 17.2 Å². The maximum atomic E-state index is 13.9. The van der Waals surface area contributed by atoms with Crippen LogP contribution in [0.4, 0.5) is 5.69 Å². The number of hydrogen-bond acceptors (Lipinski definition) is 6. The molecule has 8 heteroatoms. The summed E-state index contributed by atoms with van der Waals surface area (Å²) in [5.41, 5.74) is 3.61. The number of thioether (sulfide) groups is 1. The zero-order chi connectivity index (χ0) is 24.5. The third-order valence-corrected chi connectivity index (χ3v) is 8.35. The van der Waals surface area contributed by atoms with Crippen molar-refractivity contribution in [1.82, 2.24) is 9.55 Å². The zero-order valence-corrected chi connectivity index (χ0v) is 21.6. The number of amides is 1. The largest absolute Gasteiger partial charge is 0.497 e. The minimum Gasteiger partial charge on any atom is -0.497 e. The topological polar surface area (TPSA) is 73.2 Å². The van der Waals surface area contributed by atoms with Crippen LogP contribution in [0.15, 0.2) is 58.5 Å². The first-order chi connectivity index (χ1) is 16.9. The van der Waals surface area contributed by atoms with Gasteiger partial charge in [-0.15, -0.1) is 11.3 Å². The predicted octanol–water partition coefficient (Wildman–Crippen LogP) is 5.62. The molecule has 5 rings (SSSR count). The van der Waals surface area contributed by atoms with E-state index in [1.807, 2.05) is 55.5 Å². The van der Waals surface area contributed by atoms with E-state index in [1.165, 1.54) is 16.6 Å². The zero-order valence-electron chi connectivity index (χ0n) is 20.0. The molecule has 1 aliphatic rings. The van der Waals surface area contributed by atoms with Gasteiger partial charge in [-0.3, -0.25) is 14.2 Å². The summed E-state index contributed by atoms with van der Waals surface area (Å²) in [4.78, 5) is 33.5.